The third kappa shape index (κ3) is 3.81. The van der Waals surface area contributed by atoms with Gasteiger partial charge in [0.2, 0.25) is 0 Å². The van der Waals surface area contributed by atoms with Crippen LogP contribution in [0.1, 0.15) is 28.3 Å². The molecule has 174 valence electrons. The fourth-order valence-electron chi connectivity index (χ4n) is 4.10. The molecule has 8 heteroatoms. The van der Waals surface area contributed by atoms with Gasteiger partial charge < -0.3 is 9.84 Å². The van der Waals surface area contributed by atoms with Gasteiger partial charge >= 0.3 is 0 Å². The molecule has 3 aromatic carbocycles. The van der Waals surface area contributed by atoms with E-state index in [4.69, 9.17) is 4.74 Å². The fourth-order valence-corrected chi connectivity index (χ4v) is 4.10. The summed E-state index contributed by atoms with van der Waals surface area (Å²) in [5.41, 5.74) is 1.52. The van der Waals surface area contributed by atoms with Crippen molar-refractivity contribution in [1.29, 1.82) is 0 Å². The number of methoxy groups -OCH3 is 1. The van der Waals surface area contributed by atoms with E-state index in [0.29, 0.717) is 28.0 Å². The summed E-state index contributed by atoms with van der Waals surface area (Å²) in [6, 6.07) is 9.89. The summed E-state index contributed by atoms with van der Waals surface area (Å²) in [5.74, 6) is -4.79. The first-order chi connectivity index (χ1) is 16.1. The molecule has 1 N–H and O–H groups in total. The third-order valence-corrected chi connectivity index (χ3v) is 5.81. The molecule has 5 nitrogen and oxygen atoms in total. The number of hydrogen-bond donors (Lipinski definition) is 1. The highest BCUT2D eigenvalue weighted by Crippen LogP contribution is 2.43. The smallest absolute Gasteiger partial charge is 0.300 e. The molecule has 1 aliphatic heterocycles. The number of ether oxygens (including phenoxy) is 1. The fraction of sp³-hybridized carbons (Fsp3) is 0.154. The van der Waals surface area contributed by atoms with Crippen molar-refractivity contribution in [3.8, 4) is 5.75 Å². The Morgan fingerprint density at radius 2 is 1.59 bits per heavy atom. The Morgan fingerprint density at radius 3 is 2.21 bits per heavy atom. The number of nitrogens with zero attached hydrogens (tertiary/aromatic N) is 1. The van der Waals surface area contributed by atoms with E-state index in [1.807, 2.05) is 0 Å². The Hall–Kier alpha value is -4.07. The summed E-state index contributed by atoms with van der Waals surface area (Å²) in [5, 5.41) is 11.3. The molecule has 1 unspecified atom stereocenters. The SMILES string of the molecule is COc1cc(C)c(/C(O)=C2\C(=O)C(=O)N(c3ccc(F)c(F)c3)C2c2ccc(F)cc2)cc1C. The summed E-state index contributed by atoms with van der Waals surface area (Å²) in [4.78, 5) is 27.2. The molecule has 0 aromatic heterocycles. The second-order valence-corrected chi connectivity index (χ2v) is 7.96. The van der Waals surface area contributed by atoms with Crippen LogP contribution in [0.4, 0.5) is 18.9 Å². The van der Waals surface area contributed by atoms with Crippen LogP contribution in [-0.2, 0) is 9.59 Å². The number of anilines is 1. The van der Waals surface area contributed by atoms with Crippen molar-refractivity contribution in [2.24, 2.45) is 0 Å². The summed E-state index contributed by atoms with van der Waals surface area (Å²) < 4.78 is 46.5. The summed E-state index contributed by atoms with van der Waals surface area (Å²) in [6.07, 6.45) is 0. The first-order valence-electron chi connectivity index (χ1n) is 10.3. The number of aliphatic hydroxyl groups excluding tert-OH is 1. The molecule has 1 amide bonds. The lowest BCUT2D eigenvalue weighted by Crippen LogP contribution is -2.29. The van der Waals surface area contributed by atoms with Gasteiger partial charge in [0, 0.05) is 17.3 Å². The number of carbonyl (C=O) groups is 2. The maximum Gasteiger partial charge on any atom is 0.300 e. The van der Waals surface area contributed by atoms with Gasteiger partial charge in [-0.3, -0.25) is 14.5 Å². The Morgan fingerprint density at radius 1 is 0.912 bits per heavy atom. The van der Waals surface area contributed by atoms with E-state index < -0.39 is 40.9 Å². The molecule has 0 radical (unpaired) electrons. The van der Waals surface area contributed by atoms with Crippen molar-refractivity contribution in [2.45, 2.75) is 19.9 Å². The first kappa shape index (κ1) is 23.1. The molecule has 0 bridgehead atoms. The van der Waals surface area contributed by atoms with E-state index in [0.717, 1.165) is 35.2 Å². The average Bonchev–Trinajstić information content (AvgIpc) is 3.07. The molecule has 1 aliphatic rings. The number of halogens is 3. The quantitative estimate of drug-likeness (QED) is 0.319. The van der Waals surface area contributed by atoms with Crippen molar-refractivity contribution >= 4 is 23.1 Å². The molecule has 1 fully saturated rings. The van der Waals surface area contributed by atoms with Gasteiger partial charge in [0.25, 0.3) is 11.7 Å². The zero-order valence-corrected chi connectivity index (χ0v) is 18.5. The Balaban J connectivity index is 1.98. The van der Waals surface area contributed by atoms with Crippen LogP contribution in [0, 0.1) is 31.3 Å². The number of hydrogen-bond acceptors (Lipinski definition) is 4. The van der Waals surface area contributed by atoms with Crippen molar-refractivity contribution in [3.63, 3.8) is 0 Å². The predicted octanol–water partition coefficient (Wildman–Crippen LogP) is 5.36. The summed E-state index contributed by atoms with van der Waals surface area (Å²) >= 11 is 0. The maximum absolute atomic E-state index is 14.0. The molecule has 1 atom stereocenters. The van der Waals surface area contributed by atoms with Crippen LogP contribution in [0.5, 0.6) is 5.75 Å². The van der Waals surface area contributed by atoms with E-state index in [-0.39, 0.29) is 11.3 Å². The zero-order chi connectivity index (χ0) is 24.7. The molecule has 1 heterocycles. The Kier molecular flexibility index (Phi) is 5.91. The lowest BCUT2D eigenvalue weighted by Gasteiger charge is -2.25. The van der Waals surface area contributed by atoms with Gasteiger partial charge in [-0.15, -0.1) is 0 Å². The normalized spacial score (nSPS) is 17.4. The minimum atomic E-state index is -1.21. The maximum atomic E-state index is 14.0. The van der Waals surface area contributed by atoms with Crippen molar-refractivity contribution < 1.29 is 32.6 Å². The first-order valence-corrected chi connectivity index (χ1v) is 10.3. The van der Waals surface area contributed by atoms with Crippen LogP contribution in [0.3, 0.4) is 0 Å². The van der Waals surface area contributed by atoms with Gasteiger partial charge in [0.15, 0.2) is 11.6 Å². The van der Waals surface area contributed by atoms with Gasteiger partial charge in [0.1, 0.15) is 17.3 Å². The van der Waals surface area contributed by atoms with E-state index in [9.17, 15) is 27.9 Å². The molecule has 1 saturated heterocycles. The average molecular weight is 467 g/mol. The molecule has 4 rings (SSSR count). The second kappa shape index (κ2) is 8.70. The predicted molar refractivity (Wildman–Crippen MR) is 120 cm³/mol. The van der Waals surface area contributed by atoms with Crippen LogP contribution in [0.25, 0.3) is 5.76 Å². The van der Waals surface area contributed by atoms with Crippen LogP contribution < -0.4 is 9.64 Å². The van der Waals surface area contributed by atoms with Crippen molar-refractivity contribution in [3.05, 3.63) is 99.9 Å². The summed E-state index contributed by atoms with van der Waals surface area (Å²) in [7, 11) is 1.50. The molecule has 0 aliphatic carbocycles. The van der Waals surface area contributed by atoms with Gasteiger partial charge in [-0.25, -0.2) is 13.2 Å². The highest BCUT2D eigenvalue weighted by Gasteiger charge is 2.47. The van der Waals surface area contributed by atoms with E-state index in [1.165, 1.54) is 19.2 Å². The van der Waals surface area contributed by atoms with Gasteiger partial charge in [-0.2, -0.15) is 0 Å². The van der Waals surface area contributed by atoms with Crippen LogP contribution in [0.15, 0.2) is 60.2 Å². The molecule has 0 spiro atoms. The minimum Gasteiger partial charge on any atom is -0.507 e. The number of amides is 1. The molecule has 34 heavy (non-hydrogen) atoms. The number of benzene rings is 3. The van der Waals surface area contributed by atoms with Crippen molar-refractivity contribution in [1.82, 2.24) is 0 Å². The molecular weight excluding hydrogens is 447 g/mol. The number of aryl methyl sites for hydroxylation is 2. The van der Waals surface area contributed by atoms with E-state index >= 15 is 0 Å². The largest absolute Gasteiger partial charge is 0.507 e. The van der Waals surface area contributed by atoms with Gasteiger partial charge in [-0.1, -0.05) is 12.1 Å². The standard InChI is InChI=1S/C26H20F3NO4/c1-13-11-21(34-3)14(2)10-18(13)24(31)22-23(15-4-6-16(27)7-5-15)30(26(33)25(22)32)17-8-9-19(28)20(29)12-17/h4-12,23,31H,1-3H3/b24-22+. The van der Waals surface area contributed by atoms with Crippen LogP contribution >= 0.6 is 0 Å². The second-order valence-electron chi connectivity index (χ2n) is 7.96. The number of ketones is 1. The lowest BCUT2D eigenvalue weighted by atomic mass is 9.93. The van der Waals surface area contributed by atoms with E-state index in [2.05, 4.69) is 0 Å². The number of aliphatic hydroxyl groups is 1. The number of rotatable bonds is 4. The molecule has 3 aromatic rings. The minimum absolute atomic E-state index is 0.0861. The number of Topliss-reactive ketones (excluding diaryl/α,β-unsaturated/α-hetero) is 1. The molecule has 0 saturated carbocycles. The Labute approximate surface area is 193 Å². The highest BCUT2D eigenvalue weighted by molar-refractivity contribution is 6.51. The zero-order valence-electron chi connectivity index (χ0n) is 18.5. The molecular formula is C26H20F3NO4. The van der Waals surface area contributed by atoms with Crippen LogP contribution in [0.2, 0.25) is 0 Å². The third-order valence-electron chi connectivity index (χ3n) is 5.81. The van der Waals surface area contributed by atoms with Gasteiger partial charge in [-0.05, 0) is 66.9 Å². The monoisotopic (exact) mass is 467 g/mol. The topological polar surface area (TPSA) is 66.8 Å². The Bertz CT molecular complexity index is 1350. The van der Waals surface area contributed by atoms with Crippen molar-refractivity contribution in [2.75, 3.05) is 12.0 Å². The van der Waals surface area contributed by atoms with E-state index in [1.54, 1.807) is 26.0 Å². The highest BCUT2D eigenvalue weighted by atomic mass is 19.2. The summed E-state index contributed by atoms with van der Waals surface area (Å²) in [6.45, 7) is 3.46. The number of carbonyl (C=O) groups excluding carboxylic acids is 2. The lowest BCUT2D eigenvalue weighted by molar-refractivity contribution is -0.132. The van der Waals surface area contributed by atoms with Gasteiger partial charge in [0.05, 0.1) is 18.7 Å². The van der Waals surface area contributed by atoms with Crippen LogP contribution in [-0.4, -0.2) is 23.9 Å².